The van der Waals surface area contributed by atoms with Crippen molar-refractivity contribution in [2.24, 2.45) is 0 Å². The molecule has 1 aromatic heterocycles. The highest BCUT2D eigenvalue weighted by molar-refractivity contribution is 5.77. The van der Waals surface area contributed by atoms with E-state index in [1.54, 1.807) is 12.1 Å². The fourth-order valence-electron chi connectivity index (χ4n) is 3.75. The molecule has 1 amide bonds. The Kier molecular flexibility index (Phi) is 10.5. The van der Waals surface area contributed by atoms with Gasteiger partial charge in [0.05, 0.1) is 12.5 Å². The SMILES string of the molecule is CCCCCCN(CCCCCC)C(=O)CC(c1ccc(F)cc1)n1cccc1. The van der Waals surface area contributed by atoms with Crippen molar-refractivity contribution in [1.82, 2.24) is 9.47 Å². The number of carbonyl (C=O) groups excluding carboxylic acids is 1. The van der Waals surface area contributed by atoms with E-state index in [1.807, 2.05) is 24.5 Å². The lowest BCUT2D eigenvalue weighted by Crippen LogP contribution is -2.34. The molecule has 2 aromatic rings. The maximum absolute atomic E-state index is 13.4. The van der Waals surface area contributed by atoms with E-state index in [0.717, 1.165) is 31.5 Å². The molecule has 0 N–H and O–H groups in total. The van der Waals surface area contributed by atoms with Gasteiger partial charge in [0.25, 0.3) is 0 Å². The highest BCUT2D eigenvalue weighted by Crippen LogP contribution is 2.24. The van der Waals surface area contributed by atoms with Gasteiger partial charge in [0.15, 0.2) is 0 Å². The lowest BCUT2D eigenvalue weighted by atomic mass is 10.0. The number of hydrogen-bond donors (Lipinski definition) is 0. The maximum atomic E-state index is 13.4. The van der Waals surface area contributed by atoms with Gasteiger partial charge in [0, 0.05) is 25.5 Å². The van der Waals surface area contributed by atoms with E-state index in [4.69, 9.17) is 0 Å². The Labute approximate surface area is 175 Å². The van der Waals surface area contributed by atoms with Crippen molar-refractivity contribution in [2.45, 2.75) is 77.7 Å². The Morgan fingerprint density at radius 1 is 0.897 bits per heavy atom. The molecular formula is C25H37FN2O. The number of amides is 1. The molecular weight excluding hydrogens is 363 g/mol. The quantitative estimate of drug-likeness (QED) is 0.328. The highest BCUT2D eigenvalue weighted by Gasteiger charge is 2.21. The Morgan fingerprint density at radius 2 is 1.45 bits per heavy atom. The molecule has 1 aromatic carbocycles. The van der Waals surface area contributed by atoms with Crippen LogP contribution in [0.5, 0.6) is 0 Å². The number of nitrogens with zero attached hydrogens (tertiary/aromatic N) is 2. The molecule has 0 fully saturated rings. The Balaban J connectivity index is 2.07. The lowest BCUT2D eigenvalue weighted by molar-refractivity contribution is -0.132. The molecule has 1 atom stereocenters. The summed E-state index contributed by atoms with van der Waals surface area (Å²) in [5.41, 5.74) is 0.966. The van der Waals surface area contributed by atoms with Crippen molar-refractivity contribution < 1.29 is 9.18 Å². The van der Waals surface area contributed by atoms with Crippen LogP contribution in [0.2, 0.25) is 0 Å². The molecule has 160 valence electrons. The second-order valence-electron chi connectivity index (χ2n) is 7.90. The van der Waals surface area contributed by atoms with Gasteiger partial charge in [-0.3, -0.25) is 4.79 Å². The number of carbonyl (C=O) groups is 1. The van der Waals surface area contributed by atoms with Crippen molar-refractivity contribution in [3.8, 4) is 0 Å². The molecule has 0 saturated heterocycles. The first-order chi connectivity index (χ1) is 14.2. The monoisotopic (exact) mass is 400 g/mol. The predicted octanol–water partition coefficient (Wildman–Crippen LogP) is 6.60. The summed E-state index contributed by atoms with van der Waals surface area (Å²) in [5.74, 6) is -0.0548. The highest BCUT2D eigenvalue weighted by atomic mass is 19.1. The molecule has 1 heterocycles. The largest absolute Gasteiger partial charge is 0.346 e. The van der Waals surface area contributed by atoms with Gasteiger partial charge in [-0.15, -0.1) is 0 Å². The summed E-state index contributed by atoms with van der Waals surface area (Å²) in [4.78, 5) is 15.3. The third-order valence-electron chi connectivity index (χ3n) is 5.53. The molecule has 2 rings (SSSR count). The molecule has 29 heavy (non-hydrogen) atoms. The van der Waals surface area contributed by atoms with Gasteiger partial charge < -0.3 is 9.47 Å². The molecule has 0 aliphatic heterocycles. The standard InChI is InChI=1S/C25H37FN2O/c1-3-5-7-9-19-28(20-10-8-6-4-2)25(29)21-24(27-17-11-12-18-27)22-13-15-23(26)16-14-22/h11-18,24H,3-10,19-21H2,1-2H3. The van der Waals surface area contributed by atoms with Gasteiger partial charge in [-0.25, -0.2) is 4.39 Å². The number of unbranched alkanes of at least 4 members (excludes halogenated alkanes) is 6. The maximum Gasteiger partial charge on any atom is 0.225 e. The minimum atomic E-state index is -0.250. The first-order valence-corrected chi connectivity index (χ1v) is 11.3. The van der Waals surface area contributed by atoms with Gasteiger partial charge in [0.1, 0.15) is 5.82 Å². The minimum absolute atomic E-state index is 0.105. The van der Waals surface area contributed by atoms with Crippen molar-refractivity contribution in [3.05, 3.63) is 60.2 Å². The van der Waals surface area contributed by atoms with Gasteiger partial charge >= 0.3 is 0 Å². The van der Waals surface area contributed by atoms with E-state index in [2.05, 4.69) is 23.3 Å². The van der Waals surface area contributed by atoms with Crippen molar-refractivity contribution >= 4 is 5.91 Å². The molecule has 0 aliphatic rings. The normalized spacial score (nSPS) is 12.1. The number of aromatic nitrogens is 1. The van der Waals surface area contributed by atoms with Crippen LogP contribution in [0.15, 0.2) is 48.8 Å². The molecule has 0 bridgehead atoms. The first-order valence-electron chi connectivity index (χ1n) is 11.3. The molecule has 0 saturated carbocycles. The smallest absolute Gasteiger partial charge is 0.225 e. The summed E-state index contributed by atoms with van der Waals surface area (Å²) in [6.07, 6.45) is 13.7. The second-order valence-corrected chi connectivity index (χ2v) is 7.90. The fraction of sp³-hybridized carbons (Fsp3) is 0.560. The first kappa shape index (κ1) is 23.2. The molecule has 3 nitrogen and oxygen atoms in total. The number of halogens is 1. The summed E-state index contributed by atoms with van der Waals surface area (Å²) >= 11 is 0. The van der Waals surface area contributed by atoms with E-state index < -0.39 is 0 Å². The number of rotatable bonds is 14. The number of benzene rings is 1. The molecule has 0 radical (unpaired) electrons. The molecule has 1 unspecified atom stereocenters. The number of hydrogen-bond acceptors (Lipinski definition) is 1. The van der Waals surface area contributed by atoms with Crippen molar-refractivity contribution in [3.63, 3.8) is 0 Å². The van der Waals surface area contributed by atoms with E-state index in [0.29, 0.717) is 6.42 Å². The van der Waals surface area contributed by atoms with Crippen LogP contribution in [0.3, 0.4) is 0 Å². The Morgan fingerprint density at radius 3 is 1.97 bits per heavy atom. The third kappa shape index (κ3) is 8.04. The van der Waals surface area contributed by atoms with E-state index in [1.165, 1.54) is 50.7 Å². The fourth-order valence-corrected chi connectivity index (χ4v) is 3.75. The summed E-state index contributed by atoms with van der Waals surface area (Å²) < 4.78 is 15.5. The van der Waals surface area contributed by atoms with E-state index >= 15 is 0 Å². The van der Waals surface area contributed by atoms with E-state index in [9.17, 15) is 9.18 Å². The molecule has 0 spiro atoms. The minimum Gasteiger partial charge on any atom is -0.346 e. The Bertz CT molecular complexity index is 669. The third-order valence-corrected chi connectivity index (χ3v) is 5.53. The van der Waals surface area contributed by atoms with Crippen LogP contribution in [0.25, 0.3) is 0 Å². The van der Waals surface area contributed by atoms with Gasteiger partial charge in [-0.05, 0) is 42.7 Å². The lowest BCUT2D eigenvalue weighted by Gasteiger charge is -2.26. The van der Waals surface area contributed by atoms with Crippen LogP contribution in [0.1, 0.15) is 83.2 Å². The summed E-state index contributed by atoms with van der Waals surface area (Å²) in [6, 6.07) is 10.4. The van der Waals surface area contributed by atoms with Gasteiger partial charge in [0.2, 0.25) is 5.91 Å². The van der Waals surface area contributed by atoms with Gasteiger partial charge in [-0.1, -0.05) is 64.5 Å². The molecule has 4 heteroatoms. The zero-order chi connectivity index (χ0) is 20.9. The Hall–Kier alpha value is -2.10. The second kappa shape index (κ2) is 13.2. The van der Waals surface area contributed by atoms with Crippen LogP contribution < -0.4 is 0 Å². The van der Waals surface area contributed by atoms with E-state index in [-0.39, 0.29) is 17.8 Å². The zero-order valence-corrected chi connectivity index (χ0v) is 18.2. The summed E-state index contributed by atoms with van der Waals surface area (Å²) in [7, 11) is 0. The average Bonchev–Trinajstić information content (AvgIpc) is 3.26. The topological polar surface area (TPSA) is 25.2 Å². The van der Waals surface area contributed by atoms with Crippen LogP contribution in [0, 0.1) is 5.82 Å². The van der Waals surface area contributed by atoms with Gasteiger partial charge in [-0.2, -0.15) is 0 Å². The van der Waals surface area contributed by atoms with Crippen LogP contribution in [0.4, 0.5) is 4.39 Å². The predicted molar refractivity (Wildman–Crippen MR) is 118 cm³/mol. The van der Waals surface area contributed by atoms with Crippen LogP contribution in [-0.2, 0) is 4.79 Å². The van der Waals surface area contributed by atoms with Crippen LogP contribution in [-0.4, -0.2) is 28.5 Å². The summed E-state index contributed by atoms with van der Waals surface area (Å²) in [5, 5.41) is 0. The van der Waals surface area contributed by atoms with Crippen LogP contribution >= 0.6 is 0 Å². The van der Waals surface area contributed by atoms with Crippen molar-refractivity contribution in [1.29, 1.82) is 0 Å². The summed E-state index contributed by atoms with van der Waals surface area (Å²) in [6.45, 7) is 6.09. The average molecular weight is 401 g/mol. The zero-order valence-electron chi connectivity index (χ0n) is 18.2. The molecule has 0 aliphatic carbocycles. The van der Waals surface area contributed by atoms with Crippen molar-refractivity contribution in [2.75, 3.05) is 13.1 Å².